The second kappa shape index (κ2) is 7.15. The highest BCUT2D eigenvalue weighted by Crippen LogP contribution is 2.16. The highest BCUT2D eigenvalue weighted by molar-refractivity contribution is 4.98. The Balaban J connectivity index is 3.60. The molecular formula is C12H22. The number of hydrogen-bond donors (Lipinski definition) is 0. The maximum Gasteiger partial charge on any atom is -0.0297 e. The third-order valence-corrected chi connectivity index (χ3v) is 2.09. The van der Waals surface area contributed by atoms with E-state index in [0.29, 0.717) is 0 Å². The van der Waals surface area contributed by atoms with Crippen molar-refractivity contribution in [2.75, 3.05) is 0 Å². The summed E-state index contributed by atoms with van der Waals surface area (Å²) in [5, 5.41) is 0. The van der Waals surface area contributed by atoms with E-state index in [0.717, 1.165) is 12.3 Å². The molecule has 1 unspecified atom stereocenters. The maximum absolute atomic E-state index is 3.73. The molecule has 0 aromatic carbocycles. The molecular weight excluding hydrogens is 144 g/mol. The molecule has 0 saturated carbocycles. The van der Waals surface area contributed by atoms with Gasteiger partial charge in [-0.2, -0.15) is 0 Å². The summed E-state index contributed by atoms with van der Waals surface area (Å²) >= 11 is 0. The molecule has 0 amide bonds. The number of hydrogen-bond acceptors (Lipinski definition) is 0. The lowest BCUT2D eigenvalue weighted by Crippen LogP contribution is -1.94. The molecule has 0 saturated heterocycles. The van der Waals surface area contributed by atoms with Gasteiger partial charge in [0.15, 0.2) is 0 Å². The molecule has 0 bridgehead atoms. The van der Waals surface area contributed by atoms with E-state index >= 15 is 0 Å². The van der Waals surface area contributed by atoms with E-state index in [1.54, 1.807) is 0 Å². The van der Waals surface area contributed by atoms with Crippen molar-refractivity contribution in [2.24, 2.45) is 5.92 Å². The number of allylic oxidation sites excluding steroid dienone is 3. The molecule has 0 aromatic heterocycles. The number of rotatable bonds is 6. The highest BCUT2D eigenvalue weighted by atomic mass is 14.1. The molecule has 0 heteroatoms. The largest absolute Gasteiger partial charge is 0.103 e. The standard InChI is InChI=1S/C12H22/c1-5-7-9-12(4)10-11(3)8-6-2/h5,8,12H,1,6-7,9-10H2,2-4H3. The van der Waals surface area contributed by atoms with Gasteiger partial charge in [0.1, 0.15) is 0 Å². The van der Waals surface area contributed by atoms with E-state index in [2.05, 4.69) is 33.4 Å². The van der Waals surface area contributed by atoms with Crippen molar-refractivity contribution in [3.05, 3.63) is 24.3 Å². The quantitative estimate of drug-likeness (QED) is 0.515. The van der Waals surface area contributed by atoms with Gasteiger partial charge >= 0.3 is 0 Å². The molecule has 0 aliphatic heterocycles. The van der Waals surface area contributed by atoms with Crippen molar-refractivity contribution in [3.8, 4) is 0 Å². The Morgan fingerprint density at radius 2 is 2.17 bits per heavy atom. The Kier molecular flexibility index (Phi) is 6.84. The van der Waals surface area contributed by atoms with Crippen LogP contribution in [0.5, 0.6) is 0 Å². The zero-order valence-electron chi connectivity index (χ0n) is 8.77. The fraction of sp³-hybridized carbons (Fsp3) is 0.667. The molecule has 0 aromatic rings. The van der Waals surface area contributed by atoms with Gasteiger partial charge in [0.05, 0.1) is 0 Å². The second-order valence-corrected chi connectivity index (χ2v) is 3.63. The summed E-state index contributed by atoms with van der Waals surface area (Å²) in [6.45, 7) is 10.5. The fourth-order valence-corrected chi connectivity index (χ4v) is 1.49. The van der Waals surface area contributed by atoms with E-state index in [9.17, 15) is 0 Å². The first-order chi connectivity index (χ1) is 5.70. The van der Waals surface area contributed by atoms with E-state index < -0.39 is 0 Å². The van der Waals surface area contributed by atoms with E-state index in [4.69, 9.17) is 0 Å². The summed E-state index contributed by atoms with van der Waals surface area (Å²) in [4.78, 5) is 0. The molecule has 1 atom stereocenters. The summed E-state index contributed by atoms with van der Waals surface area (Å²) in [5.74, 6) is 0.811. The van der Waals surface area contributed by atoms with Crippen LogP contribution in [0.4, 0.5) is 0 Å². The minimum Gasteiger partial charge on any atom is -0.103 e. The Morgan fingerprint density at radius 3 is 2.67 bits per heavy atom. The maximum atomic E-state index is 3.73. The monoisotopic (exact) mass is 166 g/mol. The Bertz CT molecular complexity index is 142. The Hall–Kier alpha value is -0.520. The minimum atomic E-state index is 0.811. The van der Waals surface area contributed by atoms with E-state index in [1.807, 2.05) is 6.08 Å². The molecule has 0 fully saturated rings. The van der Waals surface area contributed by atoms with Crippen LogP contribution in [-0.4, -0.2) is 0 Å². The van der Waals surface area contributed by atoms with Gasteiger partial charge in [-0.3, -0.25) is 0 Å². The minimum absolute atomic E-state index is 0.811. The van der Waals surface area contributed by atoms with Gasteiger partial charge in [0.2, 0.25) is 0 Å². The van der Waals surface area contributed by atoms with Crippen molar-refractivity contribution < 1.29 is 0 Å². The average Bonchev–Trinajstić information content (AvgIpc) is 2.01. The lowest BCUT2D eigenvalue weighted by atomic mass is 9.97. The molecule has 0 radical (unpaired) electrons. The summed E-state index contributed by atoms with van der Waals surface area (Å²) in [6, 6.07) is 0. The predicted molar refractivity (Wildman–Crippen MR) is 57.3 cm³/mol. The normalized spacial score (nSPS) is 14.4. The lowest BCUT2D eigenvalue weighted by Gasteiger charge is -2.09. The first-order valence-corrected chi connectivity index (χ1v) is 4.97. The van der Waals surface area contributed by atoms with Crippen LogP contribution in [-0.2, 0) is 0 Å². The molecule has 0 nitrogen and oxygen atoms in total. The molecule has 12 heavy (non-hydrogen) atoms. The lowest BCUT2D eigenvalue weighted by molar-refractivity contribution is 0.533. The summed E-state index contributed by atoms with van der Waals surface area (Å²) in [5.41, 5.74) is 1.54. The van der Waals surface area contributed by atoms with Crippen LogP contribution in [0.2, 0.25) is 0 Å². The van der Waals surface area contributed by atoms with Gasteiger partial charge in [-0.05, 0) is 38.5 Å². The van der Waals surface area contributed by atoms with Gasteiger partial charge in [-0.1, -0.05) is 31.6 Å². The van der Waals surface area contributed by atoms with Crippen molar-refractivity contribution in [1.82, 2.24) is 0 Å². The Morgan fingerprint density at radius 1 is 1.50 bits per heavy atom. The van der Waals surface area contributed by atoms with Crippen LogP contribution in [0, 0.1) is 5.92 Å². The van der Waals surface area contributed by atoms with Crippen LogP contribution in [0.15, 0.2) is 24.3 Å². The molecule has 0 aliphatic carbocycles. The Labute approximate surface area is 77.4 Å². The van der Waals surface area contributed by atoms with Crippen molar-refractivity contribution in [3.63, 3.8) is 0 Å². The topological polar surface area (TPSA) is 0 Å². The summed E-state index contributed by atoms with van der Waals surface area (Å²) in [6.07, 6.45) is 9.18. The first-order valence-electron chi connectivity index (χ1n) is 4.97. The predicted octanol–water partition coefficient (Wildman–Crippen LogP) is 4.34. The third kappa shape index (κ3) is 6.21. The van der Waals surface area contributed by atoms with Crippen molar-refractivity contribution in [1.29, 1.82) is 0 Å². The average molecular weight is 166 g/mol. The zero-order chi connectivity index (χ0) is 9.40. The van der Waals surface area contributed by atoms with Crippen LogP contribution in [0.3, 0.4) is 0 Å². The smallest absolute Gasteiger partial charge is 0.0297 e. The van der Waals surface area contributed by atoms with Gasteiger partial charge in [-0.25, -0.2) is 0 Å². The van der Waals surface area contributed by atoms with Crippen molar-refractivity contribution >= 4 is 0 Å². The molecule has 70 valence electrons. The van der Waals surface area contributed by atoms with Crippen LogP contribution < -0.4 is 0 Å². The second-order valence-electron chi connectivity index (χ2n) is 3.63. The fourth-order valence-electron chi connectivity index (χ4n) is 1.49. The third-order valence-electron chi connectivity index (χ3n) is 2.09. The first kappa shape index (κ1) is 11.5. The van der Waals surface area contributed by atoms with Gasteiger partial charge < -0.3 is 0 Å². The SMILES string of the molecule is C=CCCC(C)CC(C)=CCC. The zero-order valence-corrected chi connectivity index (χ0v) is 8.77. The molecule has 0 heterocycles. The van der Waals surface area contributed by atoms with E-state index in [-0.39, 0.29) is 0 Å². The van der Waals surface area contributed by atoms with E-state index in [1.165, 1.54) is 24.8 Å². The van der Waals surface area contributed by atoms with Gasteiger partial charge in [0.25, 0.3) is 0 Å². The molecule has 0 rings (SSSR count). The van der Waals surface area contributed by atoms with Crippen LogP contribution in [0.25, 0.3) is 0 Å². The highest BCUT2D eigenvalue weighted by Gasteiger charge is 2.00. The molecule has 0 N–H and O–H groups in total. The van der Waals surface area contributed by atoms with Crippen molar-refractivity contribution in [2.45, 2.75) is 46.5 Å². The summed E-state index contributed by atoms with van der Waals surface area (Å²) < 4.78 is 0. The van der Waals surface area contributed by atoms with Crippen LogP contribution >= 0.6 is 0 Å². The molecule has 0 aliphatic rings. The van der Waals surface area contributed by atoms with Crippen LogP contribution in [0.1, 0.15) is 46.5 Å². The summed E-state index contributed by atoms with van der Waals surface area (Å²) in [7, 11) is 0. The van der Waals surface area contributed by atoms with Gasteiger partial charge in [-0.15, -0.1) is 6.58 Å². The molecule has 0 spiro atoms. The van der Waals surface area contributed by atoms with Gasteiger partial charge in [0, 0.05) is 0 Å².